The van der Waals surface area contributed by atoms with E-state index in [4.69, 9.17) is 29.8 Å². The van der Waals surface area contributed by atoms with Crippen LogP contribution in [0.15, 0.2) is 35.2 Å². The highest BCUT2D eigenvalue weighted by atomic mass is 32.2. The molecule has 13 nitrogen and oxygen atoms in total. The first-order valence-corrected chi connectivity index (χ1v) is 13.2. The molecule has 0 saturated carbocycles. The number of hydrogen-bond donors (Lipinski definition) is 1. The van der Waals surface area contributed by atoms with Gasteiger partial charge in [0.15, 0.2) is 12.2 Å². The summed E-state index contributed by atoms with van der Waals surface area (Å²) in [4.78, 5) is 71.4. The number of nitrogens with one attached hydrogen (secondary N) is 1. The quantitative estimate of drug-likeness (QED) is 0.275. The number of thioether (sulfide) groups is 1. The van der Waals surface area contributed by atoms with E-state index in [1.807, 2.05) is 0 Å². The number of esters is 5. The molecule has 1 amide bonds. The Kier molecular flexibility index (Phi) is 11.8. The lowest BCUT2D eigenvalue weighted by molar-refractivity contribution is -0.226. The van der Waals surface area contributed by atoms with Crippen molar-refractivity contribution >= 4 is 47.5 Å². The van der Waals surface area contributed by atoms with Crippen molar-refractivity contribution in [3.63, 3.8) is 0 Å². The minimum atomic E-state index is -5.51. The molecule has 1 aliphatic heterocycles. The largest absolute Gasteiger partial charge is 0.471 e. The van der Waals surface area contributed by atoms with Gasteiger partial charge in [-0.2, -0.15) is 13.2 Å². The predicted molar refractivity (Wildman–Crippen MR) is 138 cm³/mol. The number of rotatable bonds is 11. The molecule has 238 valence electrons. The van der Waals surface area contributed by atoms with Crippen LogP contribution in [-0.2, 0) is 57.2 Å². The number of benzene rings is 1. The summed E-state index contributed by atoms with van der Waals surface area (Å²) in [5.74, 6) is -8.03. The van der Waals surface area contributed by atoms with Crippen molar-refractivity contribution in [2.75, 3.05) is 13.7 Å². The van der Waals surface area contributed by atoms with E-state index in [1.54, 1.807) is 23.5 Å². The fraction of sp³-hybridized carbons (Fsp3) is 0.538. The lowest BCUT2D eigenvalue weighted by Gasteiger charge is -2.48. The molecule has 7 atom stereocenters. The summed E-state index contributed by atoms with van der Waals surface area (Å²) in [5.41, 5.74) is 0. The normalized spacial score (nSPS) is 25.2. The van der Waals surface area contributed by atoms with Crippen molar-refractivity contribution in [1.29, 1.82) is 0 Å². The highest BCUT2D eigenvalue weighted by Gasteiger charge is 2.60. The summed E-state index contributed by atoms with van der Waals surface area (Å²) in [5, 5.41) is 1.59. The van der Waals surface area contributed by atoms with Crippen LogP contribution in [0, 0.1) is 0 Å². The van der Waals surface area contributed by atoms with E-state index < -0.39 is 90.3 Å². The monoisotopic (exact) mass is 638 g/mol. The van der Waals surface area contributed by atoms with Crippen LogP contribution in [0.2, 0.25) is 0 Å². The zero-order valence-electron chi connectivity index (χ0n) is 24.5. The van der Waals surface area contributed by atoms with Gasteiger partial charge in [-0.3, -0.25) is 24.0 Å². The lowest BCUT2D eigenvalue weighted by Crippen LogP contribution is -2.68. The molecule has 1 heterocycles. The molecule has 1 N–H and O–H groups in total. The molecule has 0 unspecified atom stereocenters. The Morgan fingerprint density at radius 3 is 2.12 bits per heavy atom. The Morgan fingerprint density at radius 2 is 1.63 bits per heavy atom. The van der Waals surface area contributed by atoms with Crippen LogP contribution >= 0.6 is 11.8 Å². The van der Waals surface area contributed by atoms with Gasteiger partial charge in [0.1, 0.15) is 18.8 Å². The third-order valence-electron chi connectivity index (χ3n) is 5.50. The number of amides is 1. The van der Waals surface area contributed by atoms with E-state index in [1.165, 1.54) is 12.1 Å². The molecule has 1 aromatic carbocycles. The SMILES string of the molecule is [2H][C@H]1[C@H](OC(C)=O)[C@@H](NC(=O)C(F)(F)F)[C@H]([C@H](OC(C)=O)[C@@H](COC(C)=O)OC(C)=O)O[C@@]1(Sc1ccccc1)C(=O)OC. The van der Waals surface area contributed by atoms with Gasteiger partial charge < -0.3 is 33.7 Å². The van der Waals surface area contributed by atoms with Gasteiger partial charge in [-0.1, -0.05) is 30.0 Å². The van der Waals surface area contributed by atoms with Crippen LogP contribution in [0.3, 0.4) is 0 Å². The van der Waals surface area contributed by atoms with Gasteiger partial charge in [0.25, 0.3) is 0 Å². The van der Waals surface area contributed by atoms with Crippen molar-refractivity contribution in [3.05, 3.63) is 30.3 Å². The number of carbonyl (C=O) groups is 6. The van der Waals surface area contributed by atoms with Crippen LogP contribution < -0.4 is 5.32 Å². The summed E-state index contributed by atoms with van der Waals surface area (Å²) >= 11 is 0.550. The van der Waals surface area contributed by atoms with Crippen LogP contribution in [0.4, 0.5) is 13.2 Å². The van der Waals surface area contributed by atoms with Gasteiger partial charge in [-0.15, -0.1) is 0 Å². The number of carbonyl (C=O) groups excluding carboxylic acids is 6. The molecule has 2 rings (SSSR count). The Labute approximate surface area is 249 Å². The molecule has 0 spiro atoms. The average molecular weight is 639 g/mol. The molecular formula is C26H30F3NO12S. The minimum Gasteiger partial charge on any atom is -0.466 e. The van der Waals surface area contributed by atoms with Gasteiger partial charge in [-0.25, -0.2) is 4.79 Å². The highest BCUT2D eigenvalue weighted by Crippen LogP contribution is 2.46. The van der Waals surface area contributed by atoms with Gasteiger partial charge in [0, 0.05) is 40.4 Å². The summed E-state index contributed by atoms with van der Waals surface area (Å²) in [6.45, 7) is 2.79. The minimum absolute atomic E-state index is 0.272. The van der Waals surface area contributed by atoms with Crippen LogP contribution in [0.1, 0.15) is 35.5 Å². The van der Waals surface area contributed by atoms with E-state index in [9.17, 15) is 41.9 Å². The first kappa shape index (κ1) is 33.6. The maximum Gasteiger partial charge on any atom is 0.471 e. The van der Waals surface area contributed by atoms with Gasteiger partial charge in [-0.05, 0) is 12.1 Å². The van der Waals surface area contributed by atoms with Crippen LogP contribution in [0.5, 0.6) is 0 Å². The standard InChI is InChI=1S/C26H30F3NO12S/c1-13(31)38-12-19(40-15(3)33)21(41-16(4)34)22-20(30-23(35)26(27,28)29)18(39-14(2)32)11-25(42-22,24(36)37-5)43-17-9-7-6-8-10-17/h6-10,18-22H,11-12H2,1-5H3,(H,30,35)/t18-,19+,20+,21+,22+,25-/m0/s1/i11D/t11-,18-,19+,20+,21+,22+,25-. The molecule has 0 bridgehead atoms. The van der Waals surface area contributed by atoms with E-state index in [2.05, 4.69) is 0 Å². The predicted octanol–water partition coefficient (Wildman–Crippen LogP) is 1.84. The molecule has 1 saturated heterocycles. The van der Waals surface area contributed by atoms with Crippen molar-refractivity contribution in [2.45, 2.75) is 80.6 Å². The Hall–Kier alpha value is -3.86. The molecule has 17 heteroatoms. The first-order chi connectivity index (χ1) is 20.4. The number of hydrogen-bond acceptors (Lipinski definition) is 13. The molecule has 0 aromatic heterocycles. The molecule has 43 heavy (non-hydrogen) atoms. The van der Waals surface area contributed by atoms with Crippen molar-refractivity contribution in [1.82, 2.24) is 5.32 Å². The Balaban J connectivity index is 2.91. The fourth-order valence-electron chi connectivity index (χ4n) is 3.97. The Bertz CT molecular complexity index is 1240. The second kappa shape index (κ2) is 15.0. The molecule has 1 aliphatic rings. The van der Waals surface area contributed by atoms with E-state index in [0.717, 1.165) is 34.8 Å². The van der Waals surface area contributed by atoms with E-state index >= 15 is 0 Å². The zero-order valence-corrected chi connectivity index (χ0v) is 24.3. The van der Waals surface area contributed by atoms with Crippen molar-refractivity contribution in [3.8, 4) is 0 Å². The van der Waals surface area contributed by atoms with Crippen molar-refractivity contribution < 1.29 is 71.7 Å². The molecule has 0 radical (unpaired) electrons. The molecular weight excluding hydrogens is 607 g/mol. The second-order valence-electron chi connectivity index (χ2n) is 8.92. The fourth-order valence-corrected chi connectivity index (χ4v) is 5.14. The third kappa shape index (κ3) is 10.1. The topological polar surface area (TPSA) is 170 Å². The number of methoxy groups -OCH3 is 1. The number of halogens is 3. The third-order valence-corrected chi connectivity index (χ3v) is 6.71. The Morgan fingerprint density at radius 1 is 1.02 bits per heavy atom. The molecule has 1 fully saturated rings. The van der Waals surface area contributed by atoms with Gasteiger partial charge >= 0.3 is 41.9 Å². The number of alkyl halides is 3. The van der Waals surface area contributed by atoms with E-state index in [0.29, 0.717) is 11.8 Å². The highest BCUT2D eigenvalue weighted by molar-refractivity contribution is 8.01. The van der Waals surface area contributed by atoms with Crippen molar-refractivity contribution in [2.24, 2.45) is 0 Å². The summed E-state index contributed by atoms with van der Waals surface area (Å²) in [6.07, 6.45) is -15.7. The lowest BCUT2D eigenvalue weighted by atomic mass is 9.89. The maximum atomic E-state index is 13.5. The van der Waals surface area contributed by atoms with Crippen LogP contribution in [0.25, 0.3) is 0 Å². The average Bonchev–Trinajstić information content (AvgIpc) is 2.92. The zero-order chi connectivity index (χ0) is 33.4. The van der Waals surface area contributed by atoms with E-state index in [-0.39, 0.29) is 4.90 Å². The smallest absolute Gasteiger partial charge is 0.466 e. The molecule has 0 aliphatic carbocycles. The summed E-state index contributed by atoms with van der Waals surface area (Å²) in [7, 11) is 0.922. The summed E-state index contributed by atoms with van der Waals surface area (Å²) in [6, 6.07) is 5.54. The second-order valence-corrected chi connectivity index (χ2v) is 10.2. The number of ether oxygens (including phenoxy) is 6. The van der Waals surface area contributed by atoms with Gasteiger partial charge in [0.2, 0.25) is 4.93 Å². The first-order valence-electron chi connectivity index (χ1n) is 13.0. The molecule has 1 aromatic rings. The maximum absolute atomic E-state index is 13.5. The van der Waals surface area contributed by atoms with Gasteiger partial charge in [0.05, 0.1) is 13.2 Å². The summed E-state index contributed by atoms with van der Waals surface area (Å²) < 4.78 is 81.0. The van der Waals surface area contributed by atoms with Crippen LogP contribution in [-0.4, -0.2) is 91.0 Å².